The van der Waals surface area contributed by atoms with Gasteiger partial charge in [-0.1, -0.05) is 5.16 Å². The van der Waals surface area contributed by atoms with Crippen molar-refractivity contribution < 1.29 is 23.6 Å². The first-order valence-electron chi connectivity index (χ1n) is 7.61. The number of fused-ring (bicyclic) bond motifs is 1. The topological polar surface area (TPSA) is 83.6 Å². The number of ether oxygens (including phenoxy) is 2. The van der Waals surface area contributed by atoms with E-state index in [2.05, 4.69) is 5.16 Å². The largest absolute Gasteiger partial charge is 0.496 e. The summed E-state index contributed by atoms with van der Waals surface area (Å²) in [4.78, 5) is 23.7. The van der Waals surface area contributed by atoms with Gasteiger partial charge in [-0.15, -0.1) is 0 Å². The lowest BCUT2D eigenvalue weighted by Crippen LogP contribution is -2.05. The molecular formula is C18H18N2O5. The summed E-state index contributed by atoms with van der Waals surface area (Å²) in [7, 11) is 4.55. The van der Waals surface area contributed by atoms with Crippen LogP contribution in [0.4, 0.5) is 0 Å². The molecule has 0 aliphatic heterocycles. The molecule has 0 N–H and O–H groups in total. The number of aryl methyl sites for hydroxylation is 3. The predicted octanol–water partition coefficient (Wildman–Crippen LogP) is 3.06. The molecule has 2 aromatic heterocycles. The van der Waals surface area contributed by atoms with Gasteiger partial charge in [-0.3, -0.25) is 4.79 Å². The van der Waals surface area contributed by atoms with Crippen molar-refractivity contribution in [2.45, 2.75) is 13.8 Å². The van der Waals surface area contributed by atoms with E-state index in [1.165, 1.54) is 7.11 Å². The summed E-state index contributed by atoms with van der Waals surface area (Å²) < 4.78 is 17.3. The third kappa shape index (κ3) is 2.39. The Hall–Kier alpha value is -3.09. The van der Waals surface area contributed by atoms with Crippen LogP contribution in [-0.2, 0) is 11.8 Å². The predicted molar refractivity (Wildman–Crippen MR) is 91.2 cm³/mol. The summed E-state index contributed by atoms with van der Waals surface area (Å²) >= 11 is 0. The number of hydrogen-bond donors (Lipinski definition) is 0. The second-order valence-corrected chi connectivity index (χ2v) is 5.70. The first kappa shape index (κ1) is 16.8. The van der Waals surface area contributed by atoms with Gasteiger partial charge in [0.15, 0.2) is 6.29 Å². The Morgan fingerprint density at radius 1 is 1.28 bits per heavy atom. The van der Waals surface area contributed by atoms with Gasteiger partial charge in [0.25, 0.3) is 0 Å². The summed E-state index contributed by atoms with van der Waals surface area (Å²) in [6.45, 7) is 3.66. The Kier molecular flexibility index (Phi) is 4.08. The van der Waals surface area contributed by atoms with Gasteiger partial charge in [-0.2, -0.15) is 0 Å². The van der Waals surface area contributed by atoms with Crippen molar-refractivity contribution in [3.63, 3.8) is 0 Å². The minimum absolute atomic E-state index is 0.221. The summed E-state index contributed by atoms with van der Waals surface area (Å²) in [5, 5.41) is 4.57. The fraction of sp³-hybridized carbons (Fsp3) is 0.278. The first-order chi connectivity index (χ1) is 11.9. The normalized spacial score (nSPS) is 10.9. The zero-order valence-corrected chi connectivity index (χ0v) is 14.7. The van der Waals surface area contributed by atoms with Crippen LogP contribution in [0.2, 0.25) is 0 Å². The van der Waals surface area contributed by atoms with E-state index in [1.54, 1.807) is 24.8 Å². The lowest BCUT2D eigenvalue weighted by atomic mass is 10.00. The van der Waals surface area contributed by atoms with Crippen molar-refractivity contribution in [1.29, 1.82) is 0 Å². The Bertz CT molecular complexity index is 977. The molecule has 7 heteroatoms. The smallest absolute Gasteiger partial charge is 0.340 e. The summed E-state index contributed by atoms with van der Waals surface area (Å²) in [6, 6.07) is 3.59. The molecule has 7 nitrogen and oxygen atoms in total. The second kappa shape index (κ2) is 6.08. The van der Waals surface area contributed by atoms with Crippen LogP contribution in [0.25, 0.3) is 22.0 Å². The minimum Gasteiger partial charge on any atom is -0.496 e. The zero-order valence-electron chi connectivity index (χ0n) is 14.7. The molecule has 3 rings (SSSR count). The molecule has 2 heterocycles. The maximum Gasteiger partial charge on any atom is 0.340 e. The number of esters is 1. The van der Waals surface area contributed by atoms with Gasteiger partial charge in [0, 0.05) is 18.0 Å². The standard InChI is InChI=1S/C18H18N2O5/c1-9-16(10(2)25-19-9)12-6-13-11(7-15(12)23-4)17(18(22)24-5)14(8-21)20(13)3/h6-8H,1-5H3. The third-order valence-corrected chi connectivity index (χ3v) is 4.37. The molecule has 130 valence electrons. The van der Waals surface area contributed by atoms with Crippen LogP contribution in [0.5, 0.6) is 5.75 Å². The number of nitrogens with zero attached hydrogens (tertiary/aromatic N) is 2. The molecule has 0 fully saturated rings. The van der Waals surface area contributed by atoms with E-state index in [0.29, 0.717) is 28.7 Å². The first-order valence-corrected chi connectivity index (χ1v) is 7.61. The molecule has 0 unspecified atom stereocenters. The molecule has 0 saturated heterocycles. The summed E-state index contributed by atoms with van der Waals surface area (Å²) in [5.41, 5.74) is 3.51. The van der Waals surface area contributed by atoms with Crippen LogP contribution in [0.1, 0.15) is 32.3 Å². The molecule has 0 spiro atoms. The number of rotatable bonds is 4. The van der Waals surface area contributed by atoms with Crippen molar-refractivity contribution in [2.75, 3.05) is 14.2 Å². The highest BCUT2D eigenvalue weighted by atomic mass is 16.5. The number of carbonyl (C=O) groups excluding carboxylic acids is 2. The van der Waals surface area contributed by atoms with E-state index >= 15 is 0 Å². The molecule has 0 saturated carbocycles. The molecule has 0 aliphatic carbocycles. The van der Waals surface area contributed by atoms with Crippen LogP contribution in [-0.4, -0.2) is 36.2 Å². The van der Waals surface area contributed by atoms with Gasteiger partial charge in [0.2, 0.25) is 0 Å². The average molecular weight is 342 g/mol. The van der Waals surface area contributed by atoms with Crippen molar-refractivity contribution in [1.82, 2.24) is 9.72 Å². The van der Waals surface area contributed by atoms with E-state index in [4.69, 9.17) is 14.0 Å². The molecule has 0 aliphatic rings. The number of aromatic nitrogens is 2. The molecule has 0 amide bonds. The van der Waals surface area contributed by atoms with Gasteiger partial charge in [-0.25, -0.2) is 4.79 Å². The van der Waals surface area contributed by atoms with E-state index in [9.17, 15) is 9.59 Å². The molecule has 3 aromatic rings. The molecule has 25 heavy (non-hydrogen) atoms. The van der Waals surface area contributed by atoms with Crippen LogP contribution in [0.3, 0.4) is 0 Å². The highest BCUT2D eigenvalue weighted by molar-refractivity contribution is 6.11. The zero-order chi connectivity index (χ0) is 18.3. The second-order valence-electron chi connectivity index (χ2n) is 5.70. The van der Waals surface area contributed by atoms with Crippen LogP contribution < -0.4 is 4.74 Å². The van der Waals surface area contributed by atoms with Crippen molar-refractivity contribution in [3.8, 4) is 16.9 Å². The highest BCUT2D eigenvalue weighted by Gasteiger charge is 2.25. The maximum atomic E-state index is 12.2. The van der Waals surface area contributed by atoms with Crippen LogP contribution in [0.15, 0.2) is 16.7 Å². The monoisotopic (exact) mass is 342 g/mol. The van der Waals surface area contributed by atoms with Crippen molar-refractivity contribution in [3.05, 3.63) is 34.8 Å². The SMILES string of the molecule is COC(=O)c1c(C=O)n(C)c2cc(-c3c(C)noc3C)c(OC)cc12. The van der Waals surface area contributed by atoms with Crippen molar-refractivity contribution >= 4 is 23.2 Å². The van der Waals surface area contributed by atoms with Gasteiger partial charge < -0.3 is 18.6 Å². The fourth-order valence-electron chi connectivity index (χ4n) is 3.17. The number of aldehydes is 1. The number of methoxy groups -OCH3 is 2. The van der Waals surface area contributed by atoms with E-state index in [-0.39, 0.29) is 11.3 Å². The number of carbonyl (C=O) groups is 2. The Labute approximate surface area is 144 Å². The van der Waals surface area contributed by atoms with Gasteiger partial charge in [-0.05, 0) is 26.0 Å². The Morgan fingerprint density at radius 3 is 2.52 bits per heavy atom. The van der Waals surface area contributed by atoms with Gasteiger partial charge in [0.1, 0.15) is 11.5 Å². The Balaban J connectivity index is 2.42. The van der Waals surface area contributed by atoms with E-state index in [0.717, 1.165) is 16.8 Å². The molecule has 0 radical (unpaired) electrons. The average Bonchev–Trinajstić information content (AvgIpc) is 3.09. The van der Waals surface area contributed by atoms with E-state index in [1.807, 2.05) is 19.9 Å². The molecular weight excluding hydrogens is 324 g/mol. The van der Waals surface area contributed by atoms with Crippen LogP contribution in [0, 0.1) is 13.8 Å². The van der Waals surface area contributed by atoms with Gasteiger partial charge >= 0.3 is 5.97 Å². The van der Waals surface area contributed by atoms with Gasteiger partial charge in [0.05, 0.1) is 42.3 Å². The molecule has 0 bridgehead atoms. The fourth-order valence-corrected chi connectivity index (χ4v) is 3.17. The van der Waals surface area contributed by atoms with Crippen LogP contribution >= 0.6 is 0 Å². The lowest BCUT2D eigenvalue weighted by molar-refractivity contribution is 0.0600. The minimum atomic E-state index is -0.570. The summed E-state index contributed by atoms with van der Waals surface area (Å²) in [6.07, 6.45) is 0.647. The Morgan fingerprint density at radius 2 is 2.00 bits per heavy atom. The quantitative estimate of drug-likeness (QED) is 0.535. The number of hydrogen-bond acceptors (Lipinski definition) is 6. The molecule has 1 aromatic carbocycles. The maximum absolute atomic E-state index is 12.2. The lowest BCUT2D eigenvalue weighted by Gasteiger charge is -2.10. The summed E-state index contributed by atoms with van der Waals surface area (Å²) in [5.74, 6) is 0.642. The van der Waals surface area contributed by atoms with Crippen molar-refractivity contribution in [2.24, 2.45) is 7.05 Å². The molecule has 0 atom stereocenters. The third-order valence-electron chi connectivity index (χ3n) is 4.37. The number of benzene rings is 1. The highest BCUT2D eigenvalue weighted by Crippen LogP contribution is 2.39. The van der Waals surface area contributed by atoms with E-state index < -0.39 is 5.97 Å².